The Kier molecular flexibility index (Phi) is 6.87. The Balaban J connectivity index is 1.70. The van der Waals surface area contributed by atoms with Crippen molar-refractivity contribution in [2.75, 3.05) is 58.4 Å². The quantitative estimate of drug-likeness (QED) is 0.531. The van der Waals surface area contributed by atoms with Crippen LogP contribution < -0.4 is 4.90 Å². The lowest BCUT2D eigenvalue weighted by atomic mass is 10.1. The lowest BCUT2D eigenvalue weighted by molar-refractivity contribution is 0.0649. The fraction of sp³-hybridized carbons (Fsp3) is 0.391. The van der Waals surface area contributed by atoms with E-state index in [9.17, 15) is 9.18 Å². The van der Waals surface area contributed by atoms with E-state index >= 15 is 0 Å². The third-order valence-corrected chi connectivity index (χ3v) is 5.61. The average molecular weight is 442 g/mol. The molecule has 0 spiro atoms. The number of methoxy groups -OCH3 is 1. The molecule has 0 radical (unpaired) electrons. The number of likely N-dealkylation sites (N-methyl/N-ethyl adjacent to an activating group) is 1. The number of ether oxygens (including phenoxy) is 1. The summed E-state index contributed by atoms with van der Waals surface area (Å²) < 4.78 is 29.9. The van der Waals surface area contributed by atoms with Crippen LogP contribution in [0.25, 0.3) is 11.3 Å². The third-order valence-electron chi connectivity index (χ3n) is 5.61. The van der Waals surface area contributed by atoms with Gasteiger partial charge in [-0.05, 0) is 43.4 Å². The van der Waals surface area contributed by atoms with Crippen molar-refractivity contribution >= 4 is 11.8 Å². The van der Waals surface area contributed by atoms with Crippen LogP contribution in [0.4, 0.5) is 10.3 Å². The number of amides is 1. The number of hydrogen-bond donors (Lipinski definition) is 0. The molecule has 8 nitrogen and oxygen atoms in total. The second-order valence-corrected chi connectivity index (χ2v) is 7.81. The van der Waals surface area contributed by atoms with Gasteiger partial charge in [-0.15, -0.1) is 0 Å². The van der Waals surface area contributed by atoms with Crippen LogP contribution in [0.5, 0.6) is 0 Å². The van der Waals surface area contributed by atoms with Crippen LogP contribution in [-0.2, 0) is 11.3 Å². The van der Waals surface area contributed by atoms with Gasteiger partial charge in [-0.25, -0.2) is 4.39 Å². The Hall–Kier alpha value is -3.17. The van der Waals surface area contributed by atoms with Gasteiger partial charge in [-0.3, -0.25) is 4.79 Å². The number of nitrogens with zero attached hydrogens (tertiary/aromatic N) is 4. The molecule has 0 bridgehead atoms. The molecule has 32 heavy (non-hydrogen) atoms. The second-order valence-electron chi connectivity index (χ2n) is 7.81. The van der Waals surface area contributed by atoms with Crippen molar-refractivity contribution in [3.8, 4) is 11.3 Å². The molecule has 0 atom stereocenters. The van der Waals surface area contributed by atoms with Crippen LogP contribution in [0.3, 0.4) is 0 Å². The molecule has 3 aromatic rings. The predicted molar refractivity (Wildman–Crippen MR) is 117 cm³/mol. The van der Waals surface area contributed by atoms with Gasteiger partial charge >= 0.3 is 0 Å². The van der Waals surface area contributed by atoms with Gasteiger partial charge in [-0.1, -0.05) is 5.16 Å². The minimum Gasteiger partial charge on any atom is -0.459 e. The van der Waals surface area contributed by atoms with Crippen LogP contribution in [0.1, 0.15) is 16.1 Å². The number of hydrogen-bond acceptors (Lipinski definition) is 7. The molecule has 3 heterocycles. The molecule has 0 saturated carbocycles. The summed E-state index contributed by atoms with van der Waals surface area (Å²) >= 11 is 0. The van der Waals surface area contributed by atoms with Crippen LogP contribution in [-0.4, -0.2) is 74.4 Å². The molecule has 2 aromatic heterocycles. The zero-order valence-electron chi connectivity index (χ0n) is 18.3. The predicted octanol–water partition coefficient (Wildman–Crippen LogP) is 3.11. The first-order valence-corrected chi connectivity index (χ1v) is 10.6. The number of halogens is 1. The highest BCUT2D eigenvalue weighted by Crippen LogP contribution is 2.33. The summed E-state index contributed by atoms with van der Waals surface area (Å²) in [6.07, 6.45) is 1.47. The maximum absolute atomic E-state index is 13.5. The maximum atomic E-state index is 13.5. The number of carbonyl (C=O) groups excluding carboxylic acids is 1. The summed E-state index contributed by atoms with van der Waals surface area (Å²) in [5.41, 5.74) is 2.09. The Morgan fingerprint density at radius 2 is 1.94 bits per heavy atom. The van der Waals surface area contributed by atoms with E-state index in [1.165, 1.54) is 18.4 Å². The summed E-state index contributed by atoms with van der Waals surface area (Å²) in [6.45, 7) is 4.34. The highest BCUT2D eigenvalue weighted by atomic mass is 19.1. The zero-order valence-corrected chi connectivity index (χ0v) is 18.3. The SMILES string of the molecule is COCCN(Cc1c(-c2ccc(F)cc2)noc1N1CCN(C)CC1)C(=O)c1ccco1. The van der Waals surface area contributed by atoms with Gasteiger partial charge in [-0.2, -0.15) is 0 Å². The van der Waals surface area contributed by atoms with E-state index in [-0.39, 0.29) is 24.0 Å². The second kappa shape index (κ2) is 9.97. The van der Waals surface area contributed by atoms with E-state index < -0.39 is 0 Å². The molecular weight excluding hydrogens is 415 g/mol. The van der Waals surface area contributed by atoms with Gasteiger partial charge in [0.1, 0.15) is 11.5 Å². The lowest BCUT2D eigenvalue weighted by Crippen LogP contribution is -2.45. The fourth-order valence-electron chi connectivity index (χ4n) is 3.74. The molecule has 1 fully saturated rings. The van der Waals surface area contributed by atoms with Crippen molar-refractivity contribution in [3.63, 3.8) is 0 Å². The topological polar surface area (TPSA) is 75.2 Å². The van der Waals surface area contributed by atoms with Gasteiger partial charge in [0.25, 0.3) is 5.91 Å². The molecule has 0 unspecified atom stereocenters. The van der Waals surface area contributed by atoms with Gasteiger partial charge in [0.05, 0.1) is 25.0 Å². The Morgan fingerprint density at radius 1 is 1.19 bits per heavy atom. The molecule has 1 aliphatic heterocycles. The van der Waals surface area contributed by atoms with E-state index in [0.717, 1.165) is 37.3 Å². The first-order chi connectivity index (χ1) is 15.6. The van der Waals surface area contributed by atoms with Crippen molar-refractivity contribution in [2.45, 2.75) is 6.54 Å². The monoisotopic (exact) mass is 442 g/mol. The van der Waals surface area contributed by atoms with Crippen molar-refractivity contribution in [1.29, 1.82) is 0 Å². The minimum absolute atomic E-state index is 0.248. The van der Waals surface area contributed by atoms with Crippen LogP contribution in [0.2, 0.25) is 0 Å². The van der Waals surface area contributed by atoms with E-state index in [4.69, 9.17) is 13.7 Å². The fourth-order valence-corrected chi connectivity index (χ4v) is 3.74. The Morgan fingerprint density at radius 3 is 2.59 bits per heavy atom. The first kappa shape index (κ1) is 22.0. The van der Waals surface area contributed by atoms with Crippen molar-refractivity contribution in [1.82, 2.24) is 15.0 Å². The summed E-state index contributed by atoms with van der Waals surface area (Å²) in [5.74, 6) is 0.310. The molecule has 9 heteroatoms. The highest BCUT2D eigenvalue weighted by Gasteiger charge is 2.28. The number of piperazine rings is 1. The normalized spacial score (nSPS) is 14.7. The number of aromatic nitrogens is 1. The van der Waals surface area contributed by atoms with E-state index in [0.29, 0.717) is 24.7 Å². The van der Waals surface area contributed by atoms with Crippen LogP contribution in [0.15, 0.2) is 51.6 Å². The van der Waals surface area contributed by atoms with Crippen molar-refractivity contribution in [2.24, 2.45) is 0 Å². The Bertz CT molecular complexity index is 1010. The molecule has 0 aliphatic carbocycles. The summed E-state index contributed by atoms with van der Waals surface area (Å²) in [7, 11) is 3.67. The largest absolute Gasteiger partial charge is 0.459 e. The van der Waals surface area contributed by atoms with Crippen molar-refractivity contribution < 1.29 is 22.9 Å². The van der Waals surface area contributed by atoms with Gasteiger partial charge in [0, 0.05) is 45.4 Å². The summed E-state index contributed by atoms with van der Waals surface area (Å²) in [5, 5.41) is 4.32. The zero-order chi connectivity index (χ0) is 22.5. The lowest BCUT2D eigenvalue weighted by Gasteiger charge is -2.32. The van der Waals surface area contributed by atoms with E-state index in [1.807, 2.05) is 0 Å². The van der Waals surface area contributed by atoms with E-state index in [2.05, 4.69) is 22.0 Å². The maximum Gasteiger partial charge on any atom is 0.289 e. The number of carbonyl (C=O) groups is 1. The third kappa shape index (κ3) is 4.84. The molecule has 0 N–H and O–H groups in total. The van der Waals surface area contributed by atoms with Crippen molar-refractivity contribution in [3.05, 3.63) is 59.8 Å². The van der Waals surface area contributed by atoms with E-state index in [1.54, 1.807) is 36.3 Å². The minimum atomic E-state index is -0.326. The van der Waals surface area contributed by atoms with Gasteiger partial charge in [0.15, 0.2) is 5.76 Å². The first-order valence-electron chi connectivity index (χ1n) is 10.6. The number of anilines is 1. The van der Waals surface area contributed by atoms with Gasteiger partial charge in [0.2, 0.25) is 5.88 Å². The smallest absolute Gasteiger partial charge is 0.289 e. The molecule has 1 saturated heterocycles. The number of benzene rings is 1. The molecular formula is C23H27FN4O4. The molecule has 1 amide bonds. The summed E-state index contributed by atoms with van der Waals surface area (Å²) in [4.78, 5) is 19.2. The summed E-state index contributed by atoms with van der Waals surface area (Å²) in [6, 6.07) is 9.43. The van der Waals surface area contributed by atoms with Crippen LogP contribution >= 0.6 is 0 Å². The molecule has 1 aliphatic rings. The van der Waals surface area contributed by atoms with Gasteiger partial charge < -0.3 is 28.4 Å². The standard InChI is InChI=1S/C23H27FN4O4/c1-26-9-11-27(12-10-26)23-19(21(25-32-23)17-5-7-18(24)8-6-17)16-28(13-15-30-2)22(29)20-4-3-14-31-20/h3-8,14H,9-13,15-16H2,1-2H3. The highest BCUT2D eigenvalue weighted by molar-refractivity contribution is 5.91. The molecule has 4 rings (SSSR count). The Labute approximate surface area is 186 Å². The molecule has 170 valence electrons. The van der Waals surface area contributed by atoms with Crippen LogP contribution in [0, 0.1) is 5.82 Å². The molecule has 1 aromatic carbocycles. The number of furan rings is 1. The number of rotatable bonds is 8. The average Bonchev–Trinajstić information content (AvgIpc) is 3.48.